The third kappa shape index (κ3) is 10.3. The van der Waals surface area contributed by atoms with Gasteiger partial charge in [0.15, 0.2) is 6.54 Å². The zero-order valence-corrected chi connectivity index (χ0v) is 28.4. The zero-order chi connectivity index (χ0) is 32.2. The van der Waals surface area contributed by atoms with Gasteiger partial charge in [0, 0.05) is 48.1 Å². The fourth-order valence-corrected chi connectivity index (χ4v) is 7.37. The molecule has 2 heterocycles. The van der Waals surface area contributed by atoms with Crippen molar-refractivity contribution < 1.29 is 24.4 Å². The second kappa shape index (κ2) is 17.4. The predicted molar refractivity (Wildman–Crippen MR) is 188 cm³/mol. The van der Waals surface area contributed by atoms with Crippen LogP contribution in [0.5, 0.6) is 0 Å². The average Bonchev–Trinajstić information content (AvgIpc) is 3.52. The fraction of sp³-hybridized carbons (Fsp3) is 0.324. The number of thioether (sulfide) groups is 2. The van der Waals surface area contributed by atoms with E-state index >= 15 is 0 Å². The Balaban J connectivity index is 1.44. The monoisotopic (exact) mass is 665 g/mol. The number of benzene rings is 2. The van der Waals surface area contributed by atoms with E-state index in [0.717, 1.165) is 28.7 Å². The van der Waals surface area contributed by atoms with Crippen LogP contribution in [0.3, 0.4) is 0 Å². The van der Waals surface area contributed by atoms with Crippen molar-refractivity contribution >= 4 is 68.8 Å². The molecule has 45 heavy (non-hydrogen) atoms. The average molecular weight is 666 g/mol. The Hall–Kier alpha value is -3.35. The smallest absolute Gasteiger partial charge is 0.304 e. The number of aryl methyl sites for hydroxylation is 1. The van der Waals surface area contributed by atoms with Crippen LogP contribution in [0.4, 0.5) is 5.69 Å². The third-order valence-corrected chi connectivity index (χ3v) is 10.1. The van der Waals surface area contributed by atoms with Crippen molar-refractivity contribution in [1.29, 1.82) is 0 Å². The number of hydrogen-bond donors (Lipinski definition) is 4. The zero-order valence-electron chi connectivity index (χ0n) is 25.9. The standard InChI is InChI=1S/C34H40N4O4S3/c1-24(6-4-8-31-37(20-18-35-16-14-33(39)40)27-22-25(2)10-12-29(27)44-31)7-5-9-32-38(21-19-36-17-15-34(41)42)28-23-26(43-3)11-13-30(28)45-32/h4-13,22-23,35-36H,14-21H2,1-3H3,(H-,39,40,41,42)/p+1. The third-order valence-electron chi connectivity index (χ3n) is 7.07. The van der Waals surface area contributed by atoms with E-state index in [0.29, 0.717) is 26.2 Å². The van der Waals surface area contributed by atoms with Gasteiger partial charge in [-0.2, -0.15) is 4.57 Å². The number of fused-ring (bicyclic) bond motifs is 2. The van der Waals surface area contributed by atoms with Crippen LogP contribution >= 0.6 is 34.9 Å². The van der Waals surface area contributed by atoms with E-state index < -0.39 is 11.9 Å². The van der Waals surface area contributed by atoms with Crippen molar-refractivity contribution in [2.45, 2.75) is 43.0 Å². The van der Waals surface area contributed by atoms with Gasteiger partial charge in [-0.3, -0.25) is 9.59 Å². The number of aromatic nitrogens is 1. The van der Waals surface area contributed by atoms with Gasteiger partial charge < -0.3 is 25.7 Å². The SMILES string of the molecule is CSc1ccc2sc(/C=C/C=C(C)/C=C/C=C3\Sc4ccc(C)cc4N3CCNCCC(=O)O)[n+](CCNCCC(=O)O)c2c1. The minimum atomic E-state index is -0.793. The molecule has 0 saturated carbocycles. The molecule has 0 saturated heterocycles. The Bertz CT molecular complexity index is 1630. The lowest BCUT2D eigenvalue weighted by atomic mass is 10.2. The van der Waals surface area contributed by atoms with Gasteiger partial charge >= 0.3 is 11.9 Å². The van der Waals surface area contributed by atoms with Crippen molar-refractivity contribution in [2.75, 3.05) is 43.9 Å². The number of carbonyl (C=O) groups is 2. The van der Waals surface area contributed by atoms with Crippen molar-refractivity contribution in [3.63, 3.8) is 0 Å². The van der Waals surface area contributed by atoms with Gasteiger partial charge in [0.25, 0.3) is 5.01 Å². The second-order valence-electron chi connectivity index (χ2n) is 10.6. The highest BCUT2D eigenvalue weighted by Gasteiger charge is 2.24. The molecule has 4 N–H and O–H groups in total. The molecule has 4 rings (SSSR count). The Morgan fingerprint density at radius 3 is 2.49 bits per heavy atom. The highest BCUT2D eigenvalue weighted by atomic mass is 32.2. The Morgan fingerprint density at radius 2 is 1.76 bits per heavy atom. The quantitative estimate of drug-likeness (QED) is 0.0571. The lowest BCUT2D eigenvalue weighted by molar-refractivity contribution is -0.666. The number of carboxylic acid groups (broad SMARTS) is 2. The van der Waals surface area contributed by atoms with Gasteiger partial charge in [-0.25, -0.2) is 0 Å². The van der Waals surface area contributed by atoms with Crippen LogP contribution in [0.25, 0.3) is 16.3 Å². The van der Waals surface area contributed by atoms with Crippen molar-refractivity contribution in [3.8, 4) is 0 Å². The largest absolute Gasteiger partial charge is 0.481 e. The van der Waals surface area contributed by atoms with E-state index in [1.54, 1.807) is 34.9 Å². The van der Waals surface area contributed by atoms with E-state index in [1.165, 1.54) is 31.3 Å². The summed E-state index contributed by atoms with van der Waals surface area (Å²) < 4.78 is 3.52. The predicted octanol–water partition coefficient (Wildman–Crippen LogP) is 6.32. The van der Waals surface area contributed by atoms with Gasteiger partial charge in [-0.1, -0.05) is 59.0 Å². The molecule has 1 aromatic heterocycles. The Labute approximate surface area is 277 Å². The number of aliphatic carboxylic acids is 2. The number of carboxylic acids is 2. The topological polar surface area (TPSA) is 106 Å². The first kappa shape index (κ1) is 34.5. The Kier molecular flexibility index (Phi) is 13.3. The van der Waals surface area contributed by atoms with Crippen LogP contribution in [0.1, 0.15) is 30.3 Å². The molecule has 238 valence electrons. The molecule has 0 bridgehead atoms. The molecule has 0 amide bonds. The number of rotatable bonds is 17. The van der Waals surface area contributed by atoms with Gasteiger partial charge in [0.05, 0.1) is 30.1 Å². The van der Waals surface area contributed by atoms with Gasteiger partial charge in [-0.15, -0.1) is 11.8 Å². The molecular formula is C34H41N4O4S3+. The maximum atomic E-state index is 10.9. The van der Waals surface area contributed by atoms with Crippen molar-refractivity contribution in [3.05, 3.63) is 88.0 Å². The van der Waals surface area contributed by atoms with Gasteiger partial charge in [0.1, 0.15) is 4.70 Å². The summed E-state index contributed by atoms with van der Waals surface area (Å²) in [4.78, 5) is 26.4. The summed E-state index contributed by atoms with van der Waals surface area (Å²) in [6, 6.07) is 13.0. The molecule has 1 aliphatic rings. The normalized spacial score (nSPS) is 14.4. The number of nitrogens with one attached hydrogen (secondary N) is 2. The summed E-state index contributed by atoms with van der Waals surface area (Å²) in [5.41, 5.74) is 4.70. The number of anilines is 1. The summed E-state index contributed by atoms with van der Waals surface area (Å²) in [7, 11) is 0. The van der Waals surface area contributed by atoms with E-state index in [4.69, 9.17) is 10.2 Å². The lowest BCUT2D eigenvalue weighted by Crippen LogP contribution is -2.40. The fourth-order valence-electron chi connectivity index (χ4n) is 4.77. The van der Waals surface area contributed by atoms with E-state index in [9.17, 15) is 9.59 Å². The molecule has 0 aliphatic carbocycles. The first-order chi connectivity index (χ1) is 21.7. The molecule has 0 unspecified atom stereocenters. The number of allylic oxidation sites excluding steroid dienone is 6. The van der Waals surface area contributed by atoms with E-state index in [-0.39, 0.29) is 12.8 Å². The minimum absolute atomic E-state index is 0.113. The number of thiazole rings is 1. The molecule has 0 fully saturated rings. The van der Waals surface area contributed by atoms with Crippen molar-refractivity contribution in [1.82, 2.24) is 10.6 Å². The van der Waals surface area contributed by atoms with Gasteiger partial charge in [-0.05, 0) is 56.0 Å². The molecule has 1 aliphatic heterocycles. The maximum absolute atomic E-state index is 10.9. The lowest BCUT2D eigenvalue weighted by Gasteiger charge is -2.21. The number of hydrogen-bond acceptors (Lipinski definition) is 8. The summed E-state index contributed by atoms with van der Waals surface area (Å²) in [6.07, 6.45) is 15.0. The highest BCUT2D eigenvalue weighted by molar-refractivity contribution is 8.03. The molecule has 11 heteroatoms. The molecule has 2 aromatic carbocycles. The molecule has 0 atom stereocenters. The van der Waals surface area contributed by atoms with Crippen LogP contribution in [0.15, 0.2) is 87.2 Å². The molecule has 8 nitrogen and oxygen atoms in total. The Morgan fingerprint density at radius 1 is 1.00 bits per heavy atom. The molecule has 3 aromatic rings. The first-order valence-corrected chi connectivity index (χ1v) is 17.8. The second-order valence-corrected chi connectivity index (χ2v) is 13.6. The van der Waals surface area contributed by atoms with Gasteiger partial charge in [0.2, 0.25) is 5.52 Å². The molecular weight excluding hydrogens is 625 g/mol. The maximum Gasteiger partial charge on any atom is 0.304 e. The van der Waals surface area contributed by atoms with Crippen LogP contribution in [-0.4, -0.2) is 61.1 Å². The molecule has 0 spiro atoms. The van der Waals surface area contributed by atoms with Crippen LogP contribution in [-0.2, 0) is 16.1 Å². The van der Waals surface area contributed by atoms with Crippen LogP contribution in [0, 0.1) is 6.92 Å². The minimum Gasteiger partial charge on any atom is -0.481 e. The summed E-state index contributed by atoms with van der Waals surface area (Å²) in [6.45, 7) is 7.98. The number of nitrogens with zero attached hydrogens (tertiary/aromatic N) is 2. The molecule has 0 radical (unpaired) electrons. The summed E-state index contributed by atoms with van der Waals surface area (Å²) in [5.74, 6) is -1.59. The summed E-state index contributed by atoms with van der Waals surface area (Å²) in [5, 5.41) is 26.6. The van der Waals surface area contributed by atoms with Crippen LogP contribution < -0.4 is 20.1 Å². The van der Waals surface area contributed by atoms with Crippen LogP contribution in [0.2, 0.25) is 0 Å². The van der Waals surface area contributed by atoms with E-state index in [2.05, 4.69) is 113 Å². The van der Waals surface area contributed by atoms with Crippen molar-refractivity contribution in [2.24, 2.45) is 0 Å². The van der Waals surface area contributed by atoms with E-state index in [1.807, 2.05) is 0 Å². The summed E-state index contributed by atoms with van der Waals surface area (Å²) >= 11 is 5.22. The highest BCUT2D eigenvalue weighted by Crippen LogP contribution is 2.46. The first-order valence-electron chi connectivity index (χ1n) is 14.9.